The summed E-state index contributed by atoms with van der Waals surface area (Å²) in [5.74, 6) is 1.29. The molecule has 1 aliphatic rings. The second kappa shape index (κ2) is 13.3. The van der Waals surface area contributed by atoms with Crippen LogP contribution >= 0.6 is 11.8 Å². The van der Waals surface area contributed by atoms with Gasteiger partial charge in [-0.05, 0) is 80.8 Å². The van der Waals surface area contributed by atoms with E-state index in [4.69, 9.17) is 9.47 Å². The zero-order chi connectivity index (χ0) is 27.8. The van der Waals surface area contributed by atoms with Gasteiger partial charge in [-0.2, -0.15) is 13.2 Å². The number of likely N-dealkylation sites (tertiary alicyclic amines) is 1. The number of piperidine rings is 1. The number of unbranched alkanes of at least 4 members (excludes halogenated alkanes) is 2. The summed E-state index contributed by atoms with van der Waals surface area (Å²) < 4.78 is 50.3. The molecule has 39 heavy (non-hydrogen) atoms. The largest absolute Gasteiger partial charge is 0.493 e. The first-order chi connectivity index (χ1) is 18.8. The quantitative estimate of drug-likeness (QED) is 0.0977. The van der Waals surface area contributed by atoms with Gasteiger partial charge in [0.1, 0.15) is 0 Å². The molecule has 2 heterocycles. The average molecular weight is 564 g/mol. The predicted molar refractivity (Wildman–Crippen MR) is 146 cm³/mol. The fraction of sp³-hybridized carbons (Fsp3) is 0.464. The van der Waals surface area contributed by atoms with Crippen LogP contribution in [0.5, 0.6) is 11.5 Å². The second-order valence-corrected chi connectivity index (χ2v) is 10.7. The fourth-order valence-electron chi connectivity index (χ4n) is 4.70. The van der Waals surface area contributed by atoms with Gasteiger partial charge in [0.2, 0.25) is 5.75 Å². The average Bonchev–Trinajstić information content (AvgIpc) is 2.92. The lowest BCUT2D eigenvalue weighted by atomic mass is 10.1. The van der Waals surface area contributed by atoms with Crippen LogP contribution in [0.2, 0.25) is 0 Å². The van der Waals surface area contributed by atoms with Gasteiger partial charge in [0.25, 0.3) is 0 Å². The molecule has 0 atom stereocenters. The van der Waals surface area contributed by atoms with Crippen molar-refractivity contribution < 1.29 is 27.6 Å². The van der Waals surface area contributed by atoms with E-state index in [2.05, 4.69) is 9.88 Å². The molecule has 210 valence electrons. The minimum Gasteiger partial charge on any atom is -0.493 e. The predicted octanol–water partition coefficient (Wildman–Crippen LogP) is 7.50. The highest BCUT2D eigenvalue weighted by molar-refractivity contribution is 7.99. The molecule has 0 aliphatic carbocycles. The zero-order valence-electron chi connectivity index (χ0n) is 21.8. The number of benzene rings is 2. The number of aromatic nitrogens is 1. The Kier molecular flexibility index (Phi) is 9.90. The van der Waals surface area contributed by atoms with Crippen LogP contribution in [-0.2, 0) is 12.7 Å². The van der Waals surface area contributed by atoms with Gasteiger partial charge in [0.15, 0.2) is 5.75 Å². The summed E-state index contributed by atoms with van der Waals surface area (Å²) in [4.78, 5) is 18.6. The molecule has 1 saturated heterocycles. The Morgan fingerprint density at radius 3 is 2.59 bits per heavy atom. The van der Waals surface area contributed by atoms with Gasteiger partial charge >= 0.3 is 11.9 Å². The van der Waals surface area contributed by atoms with Crippen molar-refractivity contribution >= 4 is 28.4 Å². The monoisotopic (exact) mass is 563 g/mol. The molecule has 0 saturated carbocycles. The molecule has 1 fully saturated rings. The Morgan fingerprint density at radius 2 is 1.87 bits per heavy atom. The van der Waals surface area contributed by atoms with Crippen LogP contribution in [0.3, 0.4) is 0 Å². The number of hydrogen-bond donors (Lipinski definition) is 0. The molecule has 11 heteroatoms. The molecule has 7 nitrogen and oxygen atoms in total. The van der Waals surface area contributed by atoms with Crippen molar-refractivity contribution in [2.24, 2.45) is 0 Å². The molecule has 1 aromatic heterocycles. The number of halogens is 3. The maximum Gasteiger partial charge on any atom is 0.416 e. The smallest absolute Gasteiger partial charge is 0.416 e. The van der Waals surface area contributed by atoms with Crippen LogP contribution in [-0.4, -0.2) is 47.4 Å². The van der Waals surface area contributed by atoms with Crippen LogP contribution in [0.1, 0.15) is 49.7 Å². The molecule has 0 amide bonds. The van der Waals surface area contributed by atoms with Crippen molar-refractivity contribution in [1.29, 1.82) is 0 Å². The van der Waals surface area contributed by atoms with Gasteiger partial charge in [-0.1, -0.05) is 12.5 Å². The third kappa shape index (κ3) is 7.76. The minimum atomic E-state index is -4.40. The Balaban J connectivity index is 1.28. The van der Waals surface area contributed by atoms with Gasteiger partial charge in [0.05, 0.1) is 29.7 Å². The first kappa shape index (κ1) is 28.9. The number of alkyl halides is 3. The van der Waals surface area contributed by atoms with Gasteiger partial charge in [-0.15, -0.1) is 11.8 Å². The van der Waals surface area contributed by atoms with Gasteiger partial charge in [-0.3, -0.25) is 20.0 Å². The van der Waals surface area contributed by atoms with E-state index in [1.807, 2.05) is 12.1 Å². The van der Waals surface area contributed by atoms with Crippen LogP contribution in [0.15, 0.2) is 47.5 Å². The van der Waals surface area contributed by atoms with Crippen molar-refractivity contribution in [1.82, 2.24) is 9.88 Å². The van der Waals surface area contributed by atoms with E-state index < -0.39 is 16.7 Å². The van der Waals surface area contributed by atoms with Gasteiger partial charge in [0, 0.05) is 29.1 Å². The molecular formula is C28H32F3N3O4S. The molecule has 2 aromatic carbocycles. The lowest BCUT2D eigenvalue weighted by molar-refractivity contribution is -0.386. The Morgan fingerprint density at radius 1 is 1.08 bits per heavy atom. The number of thioether (sulfide) groups is 1. The van der Waals surface area contributed by atoms with E-state index in [0.29, 0.717) is 36.2 Å². The maximum absolute atomic E-state index is 13.0. The Labute approximate surface area is 229 Å². The third-order valence-corrected chi connectivity index (χ3v) is 7.85. The molecule has 0 unspecified atom stereocenters. The number of rotatable bonds is 12. The van der Waals surface area contributed by atoms with Crippen molar-refractivity contribution in [3.8, 4) is 11.5 Å². The summed E-state index contributed by atoms with van der Waals surface area (Å²) in [5, 5.41) is 12.5. The van der Waals surface area contributed by atoms with Crippen LogP contribution < -0.4 is 9.47 Å². The number of hydrogen-bond acceptors (Lipinski definition) is 7. The number of fused-ring (bicyclic) bond motifs is 1. The number of nitro groups is 1. The van der Waals surface area contributed by atoms with Crippen molar-refractivity contribution in [3.63, 3.8) is 0 Å². The topological polar surface area (TPSA) is 77.7 Å². The van der Waals surface area contributed by atoms with Crippen molar-refractivity contribution in [2.45, 2.75) is 56.1 Å². The molecule has 0 spiro atoms. The summed E-state index contributed by atoms with van der Waals surface area (Å²) in [5.41, 5.74) is 0.358. The van der Waals surface area contributed by atoms with Crippen molar-refractivity contribution in [2.75, 3.05) is 32.6 Å². The van der Waals surface area contributed by atoms with Crippen molar-refractivity contribution in [3.05, 3.63) is 63.8 Å². The minimum absolute atomic E-state index is 0.0878. The molecular weight excluding hydrogens is 531 g/mol. The number of pyridine rings is 1. The number of methoxy groups -OCH3 is 1. The van der Waals surface area contributed by atoms with Crippen LogP contribution in [0.25, 0.3) is 10.9 Å². The molecule has 1 aliphatic heterocycles. The highest BCUT2D eigenvalue weighted by atomic mass is 32.2. The second-order valence-electron chi connectivity index (χ2n) is 9.54. The molecule has 4 rings (SSSR count). The fourth-order valence-corrected chi connectivity index (χ4v) is 5.76. The zero-order valence-corrected chi connectivity index (χ0v) is 22.7. The lowest BCUT2D eigenvalue weighted by Gasteiger charge is -2.26. The molecule has 0 radical (unpaired) electrons. The summed E-state index contributed by atoms with van der Waals surface area (Å²) in [6.07, 6.45) is 3.00. The highest BCUT2D eigenvalue weighted by Crippen LogP contribution is 2.39. The summed E-state index contributed by atoms with van der Waals surface area (Å²) in [7, 11) is 1.49. The van der Waals surface area contributed by atoms with Gasteiger partial charge in [-0.25, -0.2) is 0 Å². The lowest BCUT2D eigenvalue weighted by Crippen LogP contribution is -2.29. The number of ether oxygens (including phenoxy) is 2. The Bertz CT molecular complexity index is 1280. The summed E-state index contributed by atoms with van der Waals surface area (Å²) in [6.45, 7) is 2.93. The maximum atomic E-state index is 13.0. The third-order valence-electron chi connectivity index (χ3n) is 6.69. The van der Waals surface area contributed by atoms with E-state index in [9.17, 15) is 23.3 Å². The van der Waals surface area contributed by atoms with Crippen LogP contribution in [0.4, 0.5) is 18.9 Å². The number of nitrogens with zero attached hydrogens (tertiary/aromatic N) is 3. The first-order valence-electron chi connectivity index (χ1n) is 13.1. The van der Waals surface area contributed by atoms with E-state index >= 15 is 0 Å². The van der Waals surface area contributed by atoms with E-state index in [1.165, 1.54) is 25.8 Å². The summed E-state index contributed by atoms with van der Waals surface area (Å²) in [6, 6.07) is 8.84. The normalized spacial score (nSPS) is 14.5. The molecule has 3 aromatic rings. The molecule has 0 N–H and O–H groups in total. The van der Waals surface area contributed by atoms with Crippen LogP contribution in [0, 0.1) is 10.1 Å². The van der Waals surface area contributed by atoms with E-state index in [-0.39, 0.29) is 11.4 Å². The highest BCUT2D eigenvalue weighted by Gasteiger charge is 2.30. The summed E-state index contributed by atoms with van der Waals surface area (Å²) >= 11 is 1.57. The standard InChI is InChI=1S/C28H32F3N3O4S/c1-37-25-17-20(19-33-12-4-2-5-13-33)16-24(34(35)36)27(25)38-14-6-3-7-15-39-26-10-11-32-23-18-21(28(29,30)31)8-9-22(23)26/h8-11,16-18H,2-7,12-15,19H2,1H3. The Hall–Kier alpha value is -3.05. The van der Waals surface area contributed by atoms with E-state index in [1.54, 1.807) is 17.8 Å². The first-order valence-corrected chi connectivity index (χ1v) is 14.0. The molecule has 0 bridgehead atoms. The van der Waals surface area contributed by atoms with E-state index in [0.717, 1.165) is 67.1 Å². The van der Waals surface area contributed by atoms with Gasteiger partial charge < -0.3 is 9.47 Å². The number of nitro benzene ring substituents is 1. The SMILES string of the molecule is COc1cc(CN2CCCCC2)cc([N+](=O)[O-])c1OCCCCCSc1ccnc2cc(C(F)(F)F)ccc12.